The SMILES string of the molecule is C[C@@H](Oc1cc(C(=N)/C=C\NC(C)(C)C(=O)N2CCOCC2)cc2ncn(C3CC3)c12)[C@H]1CNC(=O)C1. The van der Waals surface area contributed by atoms with Crippen LogP contribution in [0.3, 0.4) is 0 Å². The molecule has 2 saturated heterocycles. The molecule has 3 aliphatic rings. The highest BCUT2D eigenvalue weighted by Gasteiger charge is 2.32. The maximum Gasteiger partial charge on any atom is 0.247 e. The Kier molecular flexibility index (Phi) is 6.94. The van der Waals surface area contributed by atoms with Gasteiger partial charge in [-0.3, -0.25) is 9.59 Å². The van der Waals surface area contributed by atoms with Gasteiger partial charge in [0.1, 0.15) is 22.9 Å². The molecule has 3 heterocycles. The summed E-state index contributed by atoms with van der Waals surface area (Å²) in [7, 11) is 0. The van der Waals surface area contributed by atoms with E-state index >= 15 is 0 Å². The third-order valence-electron chi connectivity index (χ3n) is 7.40. The molecule has 0 unspecified atom stereocenters. The average Bonchev–Trinajstić information content (AvgIpc) is 3.48. The smallest absolute Gasteiger partial charge is 0.247 e. The number of rotatable bonds is 9. The van der Waals surface area contributed by atoms with Crippen LogP contribution in [-0.2, 0) is 14.3 Å². The molecule has 198 valence electrons. The van der Waals surface area contributed by atoms with Gasteiger partial charge in [-0.05, 0) is 58.0 Å². The molecular weight excluding hydrogens is 472 g/mol. The van der Waals surface area contributed by atoms with Gasteiger partial charge in [0, 0.05) is 43.6 Å². The molecule has 3 N–H and O–H groups in total. The van der Waals surface area contributed by atoms with Crippen LogP contribution in [-0.4, -0.2) is 76.5 Å². The Morgan fingerprint density at radius 1 is 1.32 bits per heavy atom. The standard InChI is InChI=1S/C27H36N6O4/c1-17(19-14-24(34)29-15-19)37-23-13-18(12-22-25(23)33(16-30-22)20-4-5-20)21(28)6-7-31-27(2,3)26(35)32-8-10-36-11-9-32/h6-7,12-13,16-17,19-20,28,31H,4-5,8-11,14-15H2,1-3H3,(H,29,34)/b7-6-,28-21?/t17-,19-/m1/s1. The average molecular weight is 509 g/mol. The number of amides is 2. The number of carbonyl (C=O) groups excluding carboxylic acids is 2. The highest BCUT2D eigenvalue weighted by atomic mass is 16.5. The Labute approximate surface area is 216 Å². The molecule has 2 aliphatic heterocycles. The molecule has 1 saturated carbocycles. The Balaban J connectivity index is 1.34. The normalized spacial score (nSPS) is 21.3. The minimum atomic E-state index is -0.808. The zero-order valence-electron chi connectivity index (χ0n) is 21.8. The Morgan fingerprint density at radius 2 is 2.08 bits per heavy atom. The number of hydrogen-bond donors (Lipinski definition) is 3. The van der Waals surface area contributed by atoms with Crippen LogP contribution in [0.15, 0.2) is 30.7 Å². The van der Waals surface area contributed by atoms with Gasteiger partial charge in [-0.1, -0.05) is 0 Å². The number of carbonyl (C=O) groups is 2. The molecule has 3 fully saturated rings. The van der Waals surface area contributed by atoms with Gasteiger partial charge in [0.25, 0.3) is 0 Å². The van der Waals surface area contributed by atoms with Crippen molar-refractivity contribution < 1.29 is 19.1 Å². The van der Waals surface area contributed by atoms with Crippen LogP contribution in [0.5, 0.6) is 5.75 Å². The molecule has 37 heavy (non-hydrogen) atoms. The fourth-order valence-corrected chi connectivity index (χ4v) is 4.92. The van der Waals surface area contributed by atoms with Gasteiger partial charge >= 0.3 is 0 Å². The summed E-state index contributed by atoms with van der Waals surface area (Å²) in [5.41, 5.74) is 1.85. The molecule has 1 aromatic carbocycles. The predicted octanol–water partition coefficient (Wildman–Crippen LogP) is 2.38. The van der Waals surface area contributed by atoms with Crippen LogP contribution < -0.4 is 15.4 Å². The molecular formula is C27H36N6O4. The van der Waals surface area contributed by atoms with Crippen LogP contribution in [0.25, 0.3) is 11.0 Å². The summed E-state index contributed by atoms with van der Waals surface area (Å²) in [6.45, 7) is 8.55. The maximum atomic E-state index is 12.9. The summed E-state index contributed by atoms with van der Waals surface area (Å²) < 4.78 is 14.0. The lowest BCUT2D eigenvalue weighted by Crippen LogP contribution is -2.55. The van der Waals surface area contributed by atoms with Crippen molar-refractivity contribution in [3.8, 4) is 5.75 Å². The van der Waals surface area contributed by atoms with Crippen LogP contribution in [0, 0.1) is 11.3 Å². The fraction of sp³-hybridized carbons (Fsp3) is 0.556. The van der Waals surface area contributed by atoms with Gasteiger partial charge in [0.2, 0.25) is 11.8 Å². The fourth-order valence-electron chi connectivity index (χ4n) is 4.92. The molecule has 1 aromatic heterocycles. The third kappa shape index (κ3) is 5.49. The number of aromatic nitrogens is 2. The molecule has 5 rings (SSSR count). The number of nitrogens with one attached hydrogen (secondary N) is 3. The van der Waals surface area contributed by atoms with Crippen molar-refractivity contribution in [2.24, 2.45) is 5.92 Å². The molecule has 2 atom stereocenters. The van der Waals surface area contributed by atoms with Crippen molar-refractivity contribution in [2.75, 3.05) is 32.8 Å². The lowest BCUT2D eigenvalue weighted by atomic mass is 10.0. The highest BCUT2D eigenvalue weighted by molar-refractivity contribution is 6.09. The largest absolute Gasteiger partial charge is 0.488 e. The summed E-state index contributed by atoms with van der Waals surface area (Å²) in [5, 5.41) is 14.8. The minimum absolute atomic E-state index is 0.00331. The third-order valence-corrected chi connectivity index (χ3v) is 7.40. The van der Waals surface area contributed by atoms with Crippen molar-refractivity contribution in [1.29, 1.82) is 5.41 Å². The number of benzene rings is 1. The van der Waals surface area contributed by atoms with Crippen LogP contribution in [0.1, 0.15) is 51.6 Å². The zero-order valence-corrected chi connectivity index (χ0v) is 21.8. The molecule has 0 radical (unpaired) electrons. The molecule has 0 spiro atoms. The lowest BCUT2D eigenvalue weighted by Gasteiger charge is -2.34. The Bertz CT molecular complexity index is 1220. The number of nitrogens with zero attached hydrogens (tertiary/aromatic N) is 3. The van der Waals surface area contributed by atoms with E-state index in [0.717, 1.165) is 23.9 Å². The van der Waals surface area contributed by atoms with E-state index in [0.29, 0.717) is 56.6 Å². The molecule has 2 amide bonds. The van der Waals surface area contributed by atoms with E-state index in [2.05, 4.69) is 20.2 Å². The van der Waals surface area contributed by atoms with Gasteiger partial charge in [0.15, 0.2) is 0 Å². The van der Waals surface area contributed by atoms with E-state index in [1.54, 1.807) is 17.2 Å². The monoisotopic (exact) mass is 508 g/mol. The lowest BCUT2D eigenvalue weighted by molar-refractivity contribution is -0.140. The first kappa shape index (κ1) is 25.3. The van der Waals surface area contributed by atoms with E-state index in [1.165, 1.54) is 0 Å². The summed E-state index contributed by atoms with van der Waals surface area (Å²) in [6.07, 6.45) is 7.68. The Morgan fingerprint density at radius 3 is 2.76 bits per heavy atom. The van der Waals surface area contributed by atoms with E-state index in [-0.39, 0.29) is 29.5 Å². The van der Waals surface area contributed by atoms with Crippen molar-refractivity contribution in [3.05, 3.63) is 36.3 Å². The van der Waals surface area contributed by atoms with Gasteiger partial charge in [-0.15, -0.1) is 0 Å². The summed E-state index contributed by atoms with van der Waals surface area (Å²) in [6, 6.07) is 4.22. The Hall–Kier alpha value is -3.40. The number of imidazole rings is 1. The van der Waals surface area contributed by atoms with Gasteiger partial charge in [-0.25, -0.2) is 4.98 Å². The van der Waals surface area contributed by atoms with Crippen molar-refractivity contribution in [2.45, 2.75) is 57.7 Å². The van der Waals surface area contributed by atoms with Crippen molar-refractivity contribution >= 4 is 28.6 Å². The van der Waals surface area contributed by atoms with Gasteiger partial charge in [0.05, 0.1) is 30.8 Å². The second-order valence-corrected chi connectivity index (χ2v) is 10.7. The first-order chi connectivity index (χ1) is 17.7. The first-order valence-electron chi connectivity index (χ1n) is 13.1. The van der Waals surface area contributed by atoms with E-state index < -0.39 is 5.54 Å². The number of allylic oxidation sites excluding steroid dienone is 1. The summed E-state index contributed by atoms with van der Waals surface area (Å²) in [5.74, 6) is 0.830. The quantitative estimate of drug-likeness (QED) is 0.447. The van der Waals surface area contributed by atoms with Crippen LogP contribution in [0.4, 0.5) is 0 Å². The van der Waals surface area contributed by atoms with Crippen LogP contribution in [0.2, 0.25) is 0 Å². The van der Waals surface area contributed by atoms with Gasteiger partial charge < -0.3 is 35.0 Å². The summed E-state index contributed by atoms with van der Waals surface area (Å²) in [4.78, 5) is 31.1. The molecule has 10 heteroatoms. The topological polar surface area (TPSA) is 122 Å². The van der Waals surface area contributed by atoms with E-state index in [9.17, 15) is 9.59 Å². The summed E-state index contributed by atoms with van der Waals surface area (Å²) >= 11 is 0. The van der Waals surface area contributed by atoms with Crippen LogP contribution >= 0.6 is 0 Å². The maximum absolute atomic E-state index is 12.9. The molecule has 10 nitrogen and oxygen atoms in total. The van der Waals surface area contributed by atoms with E-state index in [1.807, 2.05) is 39.2 Å². The van der Waals surface area contributed by atoms with Crippen molar-refractivity contribution in [3.63, 3.8) is 0 Å². The van der Waals surface area contributed by atoms with Crippen molar-refractivity contribution in [1.82, 2.24) is 25.1 Å². The zero-order chi connectivity index (χ0) is 26.2. The second kappa shape index (κ2) is 10.2. The van der Waals surface area contributed by atoms with Gasteiger partial charge in [-0.2, -0.15) is 0 Å². The molecule has 0 bridgehead atoms. The predicted molar refractivity (Wildman–Crippen MR) is 140 cm³/mol. The number of hydrogen-bond acceptors (Lipinski definition) is 7. The first-order valence-corrected chi connectivity index (χ1v) is 13.1. The molecule has 2 aromatic rings. The number of ether oxygens (including phenoxy) is 2. The number of morpholine rings is 1. The van der Waals surface area contributed by atoms with E-state index in [4.69, 9.17) is 14.9 Å². The molecule has 1 aliphatic carbocycles. The number of fused-ring (bicyclic) bond motifs is 1. The minimum Gasteiger partial charge on any atom is -0.488 e. The second-order valence-electron chi connectivity index (χ2n) is 10.7. The highest BCUT2D eigenvalue weighted by Crippen LogP contribution is 2.40.